The van der Waals surface area contributed by atoms with Crippen LogP contribution in [0.25, 0.3) is 10.1 Å². The molecular formula is C18H19NOS. The van der Waals surface area contributed by atoms with Crippen LogP contribution in [0.15, 0.2) is 60.0 Å². The SMILES string of the molecule is CNCCC(Oc1cccc2sccc12)c1ccccc1. The minimum absolute atomic E-state index is 0.0733. The predicted molar refractivity (Wildman–Crippen MR) is 90.2 cm³/mol. The smallest absolute Gasteiger partial charge is 0.128 e. The number of ether oxygens (including phenoxy) is 1. The summed E-state index contributed by atoms with van der Waals surface area (Å²) >= 11 is 1.75. The van der Waals surface area contributed by atoms with Crippen molar-refractivity contribution in [3.8, 4) is 5.75 Å². The van der Waals surface area contributed by atoms with E-state index in [1.807, 2.05) is 13.1 Å². The van der Waals surface area contributed by atoms with Crippen LogP contribution in [0.4, 0.5) is 0 Å². The fraction of sp³-hybridized carbons (Fsp3) is 0.222. The van der Waals surface area contributed by atoms with Gasteiger partial charge in [0.15, 0.2) is 0 Å². The highest BCUT2D eigenvalue weighted by atomic mass is 32.1. The molecule has 3 rings (SSSR count). The maximum atomic E-state index is 6.34. The maximum absolute atomic E-state index is 6.34. The molecule has 2 aromatic carbocycles. The van der Waals surface area contributed by atoms with Crippen LogP contribution in [0, 0.1) is 0 Å². The summed E-state index contributed by atoms with van der Waals surface area (Å²) in [6.45, 7) is 0.930. The third kappa shape index (κ3) is 3.26. The lowest BCUT2D eigenvalue weighted by Crippen LogP contribution is -2.16. The van der Waals surface area contributed by atoms with Crippen LogP contribution in [0.1, 0.15) is 18.1 Å². The lowest BCUT2D eigenvalue weighted by Gasteiger charge is -2.20. The number of benzene rings is 2. The van der Waals surface area contributed by atoms with Gasteiger partial charge >= 0.3 is 0 Å². The zero-order chi connectivity index (χ0) is 14.5. The molecule has 1 aromatic heterocycles. The van der Waals surface area contributed by atoms with Gasteiger partial charge in [-0.15, -0.1) is 11.3 Å². The van der Waals surface area contributed by atoms with Gasteiger partial charge in [-0.1, -0.05) is 36.4 Å². The molecule has 0 aliphatic rings. The molecule has 0 radical (unpaired) electrons. The number of thiophene rings is 1. The van der Waals surface area contributed by atoms with Crippen molar-refractivity contribution in [3.05, 3.63) is 65.5 Å². The van der Waals surface area contributed by atoms with Gasteiger partial charge in [-0.05, 0) is 42.7 Å². The lowest BCUT2D eigenvalue weighted by molar-refractivity contribution is 0.197. The van der Waals surface area contributed by atoms with Gasteiger partial charge in [-0.2, -0.15) is 0 Å². The second-order valence-corrected chi connectivity index (χ2v) is 5.95. The molecule has 0 spiro atoms. The van der Waals surface area contributed by atoms with Gasteiger partial charge in [0.05, 0.1) is 0 Å². The molecular weight excluding hydrogens is 278 g/mol. The number of hydrogen-bond donors (Lipinski definition) is 1. The average Bonchev–Trinajstić information content (AvgIpc) is 3.01. The van der Waals surface area contributed by atoms with Crippen LogP contribution in [-0.4, -0.2) is 13.6 Å². The molecule has 0 amide bonds. The van der Waals surface area contributed by atoms with E-state index >= 15 is 0 Å². The molecule has 1 atom stereocenters. The number of rotatable bonds is 6. The van der Waals surface area contributed by atoms with E-state index in [1.165, 1.54) is 15.6 Å². The summed E-state index contributed by atoms with van der Waals surface area (Å²) in [7, 11) is 1.97. The normalized spacial score (nSPS) is 12.4. The molecule has 3 aromatic rings. The predicted octanol–water partition coefficient (Wildman–Crippen LogP) is 4.63. The van der Waals surface area contributed by atoms with E-state index in [1.54, 1.807) is 11.3 Å². The molecule has 108 valence electrons. The van der Waals surface area contributed by atoms with E-state index in [2.05, 4.69) is 59.2 Å². The maximum Gasteiger partial charge on any atom is 0.128 e. The molecule has 0 aliphatic carbocycles. The van der Waals surface area contributed by atoms with E-state index in [9.17, 15) is 0 Å². The molecule has 0 bridgehead atoms. The minimum Gasteiger partial charge on any atom is -0.485 e. The fourth-order valence-corrected chi connectivity index (χ4v) is 3.26. The highest BCUT2D eigenvalue weighted by Gasteiger charge is 2.14. The summed E-state index contributed by atoms with van der Waals surface area (Å²) in [5.41, 5.74) is 1.22. The molecule has 1 unspecified atom stereocenters. The Kier molecular flexibility index (Phi) is 4.53. The molecule has 0 fully saturated rings. The molecule has 1 N–H and O–H groups in total. The van der Waals surface area contributed by atoms with Gasteiger partial charge in [0.2, 0.25) is 0 Å². The molecule has 1 heterocycles. The molecule has 0 aliphatic heterocycles. The fourth-order valence-electron chi connectivity index (χ4n) is 2.46. The Hall–Kier alpha value is -1.84. The van der Waals surface area contributed by atoms with Crippen molar-refractivity contribution < 1.29 is 4.74 Å². The monoisotopic (exact) mass is 297 g/mol. The van der Waals surface area contributed by atoms with Crippen LogP contribution in [0.3, 0.4) is 0 Å². The van der Waals surface area contributed by atoms with Crippen LogP contribution in [0.2, 0.25) is 0 Å². The Balaban J connectivity index is 1.89. The zero-order valence-electron chi connectivity index (χ0n) is 12.1. The lowest BCUT2D eigenvalue weighted by atomic mass is 10.1. The first-order valence-electron chi connectivity index (χ1n) is 7.21. The summed E-state index contributed by atoms with van der Waals surface area (Å²) in [6.07, 6.45) is 1.02. The minimum atomic E-state index is 0.0733. The first-order chi connectivity index (χ1) is 10.4. The largest absolute Gasteiger partial charge is 0.485 e. The molecule has 2 nitrogen and oxygen atoms in total. The van der Waals surface area contributed by atoms with Gasteiger partial charge < -0.3 is 10.1 Å². The summed E-state index contributed by atoms with van der Waals surface area (Å²) in [6, 6.07) is 18.8. The van der Waals surface area contributed by atoms with Crippen molar-refractivity contribution in [1.29, 1.82) is 0 Å². The summed E-state index contributed by atoms with van der Waals surface area (Å²) < 4.78 is 7.61. The first kappa shape index (κ1) is 14.1. The standard InChI is InChI=1S/C18H19NOS/c1-19-12-10-16(14-6-3-2-4-7-14)20-17-8-5-9-18-15(17)11-13-21-18/h2-9,11,13,16,19H,10,12H2,1H3. The van der Waals surface area contributed by atoms with E-state index in [0.29, 0.717) is 0 Å². The zero-order valence-corrected chi connectivity index (χ0v) is 12.9. The Bertz CT molecular complexity index is 693. The van der Waals surface area contributed by atoms with E-state index in [0.717, 1.165) is 18.7 Å². The van der Waals surface area contributed by atoms with Gasteiger partial charge in [0.25, 0.3) is 0 Å². The second kappa shape index (κ2) is 6.74. The van der Waals surface area contributed by atoms with Gasteiger partial charge in [-0.3, -0.25) is 0 Å². The van der Waals surface area contributed by atoms with E-state index < -0.39 is 0 Å². The Morgan fingerprint density at radius 3 is 2.71 bits per heavy atom. The highest BCUT2D eigenvalue weighted by Crippen LogP contribution is 2.33. The molecule has 3 heteroatoms. The van der Waals surface area contributed by atoms with Gasteiger partial charge in [0, 0.05) is 16.5 Å². The second-order valence-electron chi connectivity index (χ2n) is 5.00. The highest BCUT2D eigenvalue weighted by molar-refractivity contribution is 7.17. The van der Waals surface area contributed by atoms with Crippen LogP contribution >= 0.6 is 11.3 Å². The van der Waals surface area contributed by atoms with Crippen molar-refractivity contribution in [2.75, 3.05) is 13.6 Å². The van der Waals surface area contributed by atoms with Crippen LogP contribution in [-0.2, 0) is 0 Å². The molecule has 0 saturated carbocycles. The van der Waals surface area contributed by atoms with Gasteiger partial charge in [-0.25, -0.2) is 0 Å². The average molecular weight is 297 g/mol. The summed E-state index contributed by atoms with van der Waals surface area (Å²) in [5, 5.41) is 6.52. The van der Waals surface area contributed by atoms with Gasteiger partial charge in [0.1, 0.15) is 11.9 Å². The Morgan fingerprint density at radius 2 is 1.90 bits per heavy atom. The Morgan fingerprint density at radius 1 is 1.05 bits per heavy atom. The van der Waals surface area contributed by atoms with Crippen molar-refractivity contribution >= 4 is 21.4 Å². The van der Waals surface area contributed by atoms with E-state index in [-0.39, 0.29) is 6.10 Å². The van der Waals surface area contributed by atoms with Crippen molar-refractivity contribution in [1.82, 2.24) is 5.32 Å². The summed E-state index contributed by atoms with van der Waals surface area (Å²) in [4.78, 5) is 0. The number of fused-ring (bicyclic) bond motifs is 1. The Labute approximate surface area is 129 Å². The van der Waals surface area contributed by atoms with Crippen molar-refractivity contribution in [2.45, 2.75) is 12.5 Å². The third-order valence-electron chi connectivity index (χ3n) is 3.55. The molecule has 21 heavy (non-hydrogen) atoms. The topological polar surface area (TPSA) is 21.3 Å². The van der Waals surface area contributed by atoms with Crippen LogP contribution in [0.5, 0.6) is 5.75 Å². The summed E-state index contributed by atoms with van der Waals surface area (Å²) in [5.74, 6) is 0.971. The quantitative estimate of drug-likeness (QED) is 0.716. The third-order valence-corrected chi connectivity index (χ3v) is 4.44. The van der Waals surface area contributed by atoms with Crippen LogP contribution < -0.4 is 10.1 Å². The first-order valence-corrected chi connectivity index (χ1v) is 8.09. The van der Waals surface area contributed by atoms with E-state index in [4.69, 9.17) is 4.74 Å². The molecule has 0 saturated heterocycles. The number of nitrogens with one attached hydrogen (secondary N) is 1. The van der Waals surface area contributed by atoms with Crippen molar-refractivity contribution in [3.63, 3.8) is 0 Å². The van der Waals surface area contributed by atoms with Crippen molar-refractivity contribution in [2.24, 2.45) is 0 Å². The number of hydrogen-bond acceptors (Lipinski definition) is 3.